The minimum atomic E-state index is -0.0363. The second kappa shape index (κ2) is 5.08. The Kier molecular flexibility index (Phi) is 4.04. The topological polar surface area (TPSA) is 43.1 Å². The molecule has 1 unspecified atom stereocenters. The van der Waals surface area contributed by atoms with Gasteiger partial charge in [-0.2, -0.15) is 0 Å². The molecular formula is C13H19NO. The first-order chi connectivity index (χ1) is 7.02. The van der Waals surface area contributed by atoms with Gasteiger partial charge in [-0.15, -0.1) is 0 Å². The quantitative estimate of drug-likeness (QED) is 0.817. The number of hydrogen-bond acceptors (Lipinski definition) is 2. The van der Waals surface area contributed by atoms with Crippen molar-refractivity contribution in [1.29, 1.82) is 0 Å². The van der Waals surface area contributed by atoms with Crippen molar-refractivity contribution in [3.63, 3.8) is 0 Å². The van der Waals surface area contributed by atoms with Gasteiger partial charge in [-0.3, -0.25) is 4.79 Å². The molecule has 2 nitrogen and oxygen atoms in total. The minimum Gasteiger partial charge on any atom is -0.330 e. The summed E-state index contributed by atoms with van der Waals surface area (Å²) < 4.78 is 0. The second-order valence-corrected chi connectivity index (χ2v) is 4.28. The van der Waals surface area contributed by atoms with Gasteiger partial charge in [0.05, 0.1) is 0 Å². The monoisotopic (exact) mass is 205 g/mol. The van der Waals surface area contributed by atoms with Crippen LogP contribution in [0.1, 0.15) is 23.6 Å². The van der Waals surface area contributed by atoms with Crippen molar-refractivity contribution in [3.8, 4) is 0 Å². The Morgan fingerprint density at radius 2 is 1.80 bits per heavy atom. The number of carbonyl (C=O) groups excluding carboxylic acids is 1. The highest BCUT2D eigenvalue weighted by atomic mass is 16.1. The largest absolute Gasteiger partial charge is 0.330 e. The van der Waals surface area contributed by atoms with Crippen LogP contribution in [0.3, 0.4) is 0 Å². The van der Waals surface area contributed by atoms with Crippen LogP contribution in [0.4, 0.5) is 0 Å². The summed E-state index contributed by atoms with van der Waals surface area (Å²) in [6.45, 7) is 6.41. The molecule has 0 spiro atoms. The maximum Gasteiger partial charge on any atom is 0.141 e. The standard InChI is InChI=1S/C13H19NO/c1-9-4-10(2)6-12(5-9)7-13(15)11(3)8-14/h4-6,11H,7-8,14H2,1-3H3. The van der Waals surface area contributed by atoms with Gasteiger partial charge in [0.1, 0.15) is 5.78 Å². The average molecular weight is 205 g/mol. The fraction of sp³-hybridized carbons (Fsp3) is 0.462. The summed E-state index contributed by atoms with van der Waals surface area (Å²) >= 11 is 0. The van der Waals surface area contributed by atoms with E-state index in [9.17, 15) is 4.79 Å². The molecule has 15 heavy (non-hydrogen) atoms. The van der Waals surface area contributed by atoms with Gasteiger partial charge in [0.25, 0.3) is 0 Å². The van der Waals surface area contributed by atoms with Crippen molar-refractivity contribution < 1.29 is 4.79 Å². The van der Waals surface area contributed by atoms with Crippen LogP contribution in [-0.4, -0.2) is 12.3 Å². The van der Waals surface area contributed by atoms with Crippen molar-refractivity contribution in [2.75, 3.05) is 6.54 Å². The molecule has 0 amide bonds. The molecule has 1 aromatic carbocycles. The minimum absolute atomic E-state index is 0.0363. The highest BCUT2D eigenvalue weighted by Crippen LogP contribution is 2.11. The molecule has 0 saturated carbocycles. The van der Waals surface area contributed by atoms with Crippen molar-refractivity contribution in [2.45, 2.75) is 27.2 Å². The van der Waals surface area contributed by atoms with Gasteiger partial charge >= 0.3 is 0 Å². The molecule has 1 atom stereocenters. The molecule has 82 valence electrons. The first-order valence-corrected chi connectivity index (χ1v) is 5.33. The van der Waals surface area contributed by atoms with E-state index in [4.69, 9.17) is 5.73 Å². The normalized spacial score (nSPS) is 12.5. The van der Waals surface area contributed by atoms with Gasteiger partial charge in [0, 0.05) is 18.9 Å². The lowest BCUT2D eigenvalue weighted by Crippen LogP contribution is -2.22. The Morgan fingerprint density at radius 3 is 2.27 bits per heavy atom. The lowest BCUT2D eigenvalue weighted by atomic mass is 9.97. The number of Topliss-reactive ketones (excluding diaryl/α,β-unsaturated/α-hetero) is 1. The molecular weight excluding hydrogens is 186 g/mol. The van der Waals surface area contributed by atoms with Crippen molar-refractivity contribution in [3.05, 3.63) is 34.9 Å². The number of aryl methyl sites for hydroxylation is 2. The number of nitrogens with two attached hydrogens (primary N) is 1. The molecule has 2 heteroatoms. The number of ketones is 1. The van der Waals surface area contributed by atoms with E-state index in [0.29, 0.717) is 13.0 Å². The summed E-state index contributed by atoms with van der Waals surface area (Å²) in [4.78, 5) is 11.7. The van der Waals surface area contributed by atoms with Crippen molar-refractivity contribution in [1.82, 2.24) is 0 Å². The lowest BCUT2D eigenvalue weighted by Gasteiger charge is -2.08. The first-order valence-electron chi connectivity index (χ1n) is 5.33. The fourth-order valence-electron chi connectivity index (χ4n) is 1.68. The van der Waals surface area contributed by atoms with Crippen molar-refractivity contribution >= 4 is 5.78 Å². The van der Waals surface area contributed by atoms with Gasteiger partial charge < -0.3 is 5.73 Å². The Labute approximate surface area is 91.5 Å². The van der Waals surface area contributed by atoms with Crippen molar-refractivity contribution in [2.24, 2.45) is 11.7 Å². The number of carbonyl (C=O) groups is 1. The maximum absolute atomic E-state index is 11.7. The summed E-state index contributed by atoms with van der Waals surface area (Å²) in [5, 5.41) is 0. The molecule has 0 heterocycles. The molecule has 0 aliphatic carbocycles. The van der Waals surface area contributed by atoms with E-state index in [1.54, 1.807) is 0 Å². The summed E-state index contributed by atoms with van der Waals surface area (Å²) in [5.74, 6) is 0.188. The molecule has 0 saturated heterocycles. The highest BCUT2D eigenvalue weighted by molar-refractivity contribution is 5.83. The van der Waals surface area contributed by atoms with E-state index < -0.39 is 0 Å². The Bertz CT molecular complexity index is 337. The van der Waals surface area contributed by atoms with E-state index >= 15 is 0 Å². The van der Waals surface area contributed by atoms with Gasteiger partial charge in [0.15, 0.2) is 0 Å². The predicted octanol–water partition coefficient (Wildman–Crippen LogP) is 2.01. The van der Waals surface area contributed by atoms with E-state index in [0.717, 1.165) is 5.56 Å². The SMILES string of the molecule is Cc1cc(C)cc(CC(=O)C(C)CN)c1. The van der Waals surface area contributed by atoms with Crippen LogP contribution in [0.15, 0.2) is 18.2 Å². The zero-order valence-electron chi connectivity index (χ0n) is 9.71. The number of benzene rings is 1. The average Bonchev–Trinajstić information content (AvgIpc) is 2.14. The van der Waals surface area contributed by atoms with E-state index in [-0.39, 0.29) is 11.7 Å². The molecule has 0 bridgehead atoms. The van der Waals surface area contributed by atoms with E-state index in [1.165, 1.54) is 11.1 Å². The predicted molar refractivity (Wildman–Crippen MR) is 62.8 cm³/mol. The van der Waals surface area contributed by atoms with Crippen LogP contribution in [0.25, 0.3) is 0 Å². The number of rotatable bonds is 4. The Balaban J connectivity index is 2.76. The molecule has 0 fully saturated rings. The molecule has 0 aromatic heterocycles. The van der Waals surface area contributed by atoms with Gasteiger partial charge in [-0.25, -0.2) is 0 Å². The van der Waals surface area contributed by atoms with Gasteiger partial charge in [-0.05, 0) is 19.4 Å². The van der Waals surface area contributed by atoms with Crippen LogP contribution in [0, 0.1) is 19.8 Å². The summed E-state index contributed by atoms with van der Waals surface area (Å²) in [6, 6.07) is 6.24. The third-order valence-corrected chi connectivity index (χ3v) is 2.56. The van der Waals surface area contributed by atoms with Crippen LogP contribution < -0.4 is 5.73 Å². The van der Waals surface area contributed by atoms with Crippen LogP contribution in [-0.2, 0) is 11.2 Å². The molecule has 0 aliphatic heterocycles. The molecule has 0 aliphatic rings. The number of hydrogen-bond donors (Lipinski definition) is 1. The third kappa shape index (κ3) is 3.48. The Morgan fingerprint density at radius 1 is 1.27 bits per heavy atom. The molecule has 1 rings (SSSR count). The summed E-state index contributed by atoms with van der Waals surface area (Å²) in [7, 11) is 0. The molecule has 1 aromatic rings. The maximum atomic E-state index is 11.7. The van der Waals surface area contributed by atoms with E-state index in [1.807, 2.05) is 20.8 Å². The third-order valence-electron chi connectivity index (χ3n) is 2.56. The smallest absolute Gasteiger partial charge is 0.141 e. The first kappa shape index (κ1) is 11.9. The van der Waals surface area contributed by atoms with Gasteiger partial charge in [-0.1, -0.05) is 36.2 Å². The lowest BCUT2D eigenvalue weighted by molar-refractivity contribution is -0.121. The van der Waals surface area contributed by atoms with Gasteiger partial charge in [0.2, 0.25) is 0 Å². The highest BCUT2D eigenvalue weighted by Gasteiger charge is 2.11. The zero-order chi connectivity index (χ0) is 11.4. The second-order valence-electron chi connectivity index (χ2n) is 4.28. The van der Waals surface area contributed by atoms with Crippen LogP contribution in [0.5, 0.6) is 0 Å². The molecule has 2 N–H and O–H groups in total. The molecule has 0 radical (unpaired) electrons. The summed E-state index contributed by atoms with van der Waals surface area (Å²) in [6.07, 6.45) is 0.501. The van der Waals surface area contributed by atoms with Crippen LogP contribution >= 0.6 is 0 Å². The zero-order valence-corrected chi connectivity index (χ0v) is 9.71. The van der Waals surface area contributed by atoms with Crippen LogP contribution in [0.2, 0.25) is 0 Å². The fourth-order valence-corrected chi connectivity index (χ4v) is 1.68. The Hall–Kier alpha value is -1.15. The summed E-state index contributed by atoms with van der Waals surface area (Å²) in [5.41, 5.74) is 8.97. The van der Waals surface area contributed by atoms with E-state index in [2.05, 4.69) is 18.2 Å².